The van der Waals surface area contributed by atoms with Crippen LogP contribution in [-0.4, -0.2) is 0 Å². The first kappa shape index (κ1) is 11.7. The molecule has 0 aliphatic carbocycles. The molecule has 0 heterocycles. The van der Waals surface area contributed by atoms with Gasteiger partial charge in [0, 0.05) is 10.5 Å². The van der Waals surface area contributed by atoms with Gasteiger partial charge in [-0.25, -0.2) is 4.39 Å². The Balaban J connectivity index is 2.94. The third-order valence-electron chi connectivity index (χ3n) is 2.53. The van der Waals surface area contributed by atoms with Crippen LogP contribution in [0.4, 0.5) is 4.39 Å². The van der Waals surface area contributed by atoms with Crippen LogP contribution >= 0.6 is 15.9 Å². The van der Waals surface area contributed by atoms with E-state index in [1.54, 1.807) is 0 Å². The average molecular weight is 260 g/mol. The van der Waals surface area contributed by atoms with Crippen molar-refractivity contribution < 1.29 is 4.39 Å². The van der Waals surface area contributed by atoms with Crippen LogP contribution in [0.15, 0.2) is 22.7 Å². The van der Waals surface area contributed by atoms with Gasteiger partial charge in [0.2, 0.25) is 0 Å². The zero-order valence-electron chi connectivity index (χ0n) is 8.43. The number of hydrogen-bond donors (Lipinski definition) is 1. The smallest absolute Gasteiger partial charge is 0.124 e. The summed E-state index contributed by atoms with van der Waals surface area (Å²) in [6.45, 7) is 4.16. The van der Waals surface area contributed by atoms with Crippen molar-refractivity contribution in [3.05, 3.63) is 34.1 Å². The van der Waals surface area contributed by atoms with E-state index in [-0.39, 0.29) is 11.9 Å². The monoisotopic (exact) mass is 259 g/mol. The summed E-state index contributed by atoms with van der Waals surface area (Å²) in [6, 6.07) is 4.72. The van der Waals surface area contributed by atoms with Crippen LogP contribution in [0, 0.1) is 11.7 Å². The maximum absolute atomic E-state index is 13.1. The molecule has 0 radical (unpaired) electrons. The largest absolute Gasteiger partial charge is 0.324 e. The van der Waals surface area contributed by atoms with Crippen LogP contribution in [-0.2, 0) is 0 Å². The topological polar surface area (TPSA) is 26.0 Å². The zero-order valence-corrected chi connectivity index (χ0v) is 10.0. The lowest BCUT2D eigenvalue weighted by molar-refractivity contribution is 0.454. The minimum atomic E-state index is -0.242. The van der Waals surface area contributed by atoms with Gasteiger partial charge in [-0.2, -0.15) is 0 Å². The van der Waals surface area contributed by atoms with Crippen LogP contribution in [0.5, 0.6) is 0 Å². The second-order valence-electron chi connectivity index (χ2n) is 3.61. The molecular weight excluding hydrogens is 245 g/mol. The van der Waals surface area contributed by atoms with E-state index in [0.29, 0.717) is 5.92 Å². The zero-order chi connectivity index (χ0) is 10.7. The molecule has 0 aliphatic rings. The molecule has 14 heavy (non-hydrogen) atoms. The molecule has 2 N–H and O–H groups in total. The molecule has 1 rings (SSSR count). The van der Waals surface area contributed by atoms with Gasteiger partial charge in [-0.05, 0) is 29.7 Å². The van der Waals surface area contributed by atoms with Gasteiger partial charge in [0.1, 0.15) is 5.82 Å². The minimum absolute atomic E-state index is 0.0907. The summed E-state index contributed by atoms with van der Waals surface area (Å²) in [5, 5.41) is 0. The van der Waals surface area contributed by atoms with Gasteiger partial charge in [-0.1, -0.05) is 36.2 Å². The van der Waals surface area contributed by atoms with Gasteiger partial charge in [0.15, 0.2) is 0 Å². The SMILES string of the molecule is CCC(C)C(N)c1cc(F)cc(Br)c1. The van der Waals surface area contributed by atoms with Crippen molar-refractivity contribution in [3.8, 4) is 0 Å². The second-order valence-corrected chi connectivity index (χ2v) is 4.53. The molecule has 0 bridgehead atoms. The molecule has 2 atom stereocenters. The highest BCUT2D eigenvalue weighted by Gasteiger charge is 2.14. The Bertz CT molecular complexity index is 294. The van der Waals surface area contributed by atoms with Crippen molar-refractivity contribution in [1.82, 2.24) is 0 Å². The van der Waals surface area contributed by atoms with Crippen LogP contribution in [0.1, 0.15) is 31.9 Å². The summed E-state index contributed by atoms with van der Waals surface area (Å²) in [5.74, 6) is 0.122. The van der Waals surface area contributed by atoms with E-state index in [2.05, 4.69) is 29.8 Å². The van der Waals surface area contributed by atoms with E-state index < -0.39 is 0 Å². The Labute approximate surface area is 92.6 Å². The Hall–Kier alpha value is -0.410. The summed E-state index contributed by atoms with van der Waals surface area (Å²) >= 11 is 3.26. The third kappa shape index (κ3) is 2.79. The van der Waals surface area contributed by atoms with Crippen molar-refractivity contribution in [2.45, 2.75) is 26.3 Å². The van der Waals surface area contributed by atoms with Crippen molar-refractivity contribution in [1.29, 1.82) is 0 Å². The summed E-state index contributed by atoms with van der Waals surface area (Å²) in [5.41, 5.74) is 6.85. The van der Waals surface area contributed by atoms with Gasteiger partial charge in [0.05, 0.1) is 0 Å². The van der Waals surface area contributed by atoms with Gasteiger partial charge in [-0.3, -0.25) is 0 Å². The molecule has 1 nitrogen and oxygen atoms in total. The highest BCUT2D eigenvalue weighted by molar-refractivity contribution is 9.10. The van der Waals surface area contributed by atoms with E-state index in [1.807, 2.05) is 6.07 Å². The first-order valence-corrected chi connectivity index (χ1v) is 5.55. The number of benzene rings is 1. The molecule has 3 heteroatoms. The van der Waals surface area contributed by atoms with E-state index in [9.17, 15) is 4.39 Å². The fraction of sp³-hybridized carbons (Fsp3) is 0.455. The molecule has 0 fully saturated rings. The van der Waals surface area contributed by atoms with Crippen molar-refractivity contribution >= 4 is 15.9 Å². The number of rotatable bonds is 3. The summed E-state index contributed by atoms with van der Waals surface area (Å²) in [6.07, 6.45) is 0.995. The number of halogens is 2. The highest BCUT2D eigenvalue weighted by atomic mass is 79.9. The molecule has 0 amide bonds. The normalized spacial score (nSPS) is 15.2. The van der Waals surface area contributed by atoms with Gasteiger partial charge >= 0.3 is 0 Å². The Kier molecular flexibility index (Phi) is 4.08. The molecule has 0 saturated carbocycles. The molecule has 0 aromatic heterocycles. The second kappa shape index (κ2) is 4.89. The lowest BCUT2D eigenvalue weighted by atomic mass is 9.93. The fourth-order valence-electron chi connectivity index (χ4n) is 1.35. The lowest BCUT2D eigenvalue weighted by Crippen LogP contribution is -2.18. The molecule has 2 unspecified atom stereocenters. The van der Waals surface area contributed by atoms with Gasteiger partial charge < -0.3 is 5.73 Å². The average Bonchev–Trinajstić information content (AvgIpc) is 2.14. The number of nitrogens with two attached hydrogens (primary N) is 1. The molecule has 0 spiro atoms. The van der Waals surface area contributed by atoms with E-state index in [0.717, 1.165) is 16.5 Å². The molecule has 0 aliphatic heterocycles. The summed E-state index contributed by atoms with van der Waals surface area (Å²) < 4.78 is 13.8. The predicted molar refractivity (Wildman–Crippen MR) is 60.5 cm³/mol. The molecule has 1 aromatic carbocycles. The quantitative estimate of drug-likeness (QED) is 0.882. The molecule has 78 valence electrons. The number of hydrogen-bond acceptors (Lipinski definition) is 1. The molecule has 1 aromatic rings. The molecule has 0 saturated heterocycles. The Morgan fingerprint density at radius 3 is 2.57 bits per heavy atom. The van der Waals surface area contributed by atoms with Crippen molar-refractivity contribution in [2.75, 3.05) is 0 Å². The Morgan fingerprint density at radius 2 is 2.07 bits per heavy atom. The first-order chi connectivity index (χ1) is 6.54. The standard InChI is InChI=1S/C11H15BrFN/c1-3-7(2)11(14)8-4-9(12)6-10(13)5-8/h4-7,11H,3,14H2,1-2H3. The maximum atomic E-state index is 13.1. The molecular formula is C11H15BrFN. The van der Waals surface area contributed by atoms with Gasteiger partial charge in [-0.15, -0.1) is 0 Å². The summed E-state index contributed by atoms with van der Waals surface area (Å²) in [4.78, 5) is 0. The summed E-state index contributed by atoms with van der Waals surface area (Å²) in [7, 11) is 0. The third-order valence-corrected chi connectivity index (χ3v) is 2.98. The Morgan fingerprint density at radius 1 is 1.43 bits per heavy atom. The first-order valence-electron chi connectivity index (χ1n) is 4.76. The van der Waals surface area contributed by atoms with Gasteiger partial charge in [0.25, 0.3) is 0 Å². The van der Waals surface area contributed by atoms with Crippen LogP contribution in [0.25, 0.3) is 0 Å². The van der Waals surface area contributed by atoms with E-state index >= 15 is 0 Å². The fourth-order valence-corrected chi connectivity index (χ4v) is 1.83. The van der Waals surface area contributed by atoms with E-state index in [4.69, 9.17) is 5.73 Å². The van der Waals surface area contributed by atoms with Crippen LogP contribution in [0.3, 0.4) is 0 Å². The van der Waals surface area contributed by atoms with Crippen molar-refractivity contribution in [2.24, 2.45) is 11.7 Å². The highest BCUT2D eigenvalue weighted by Crippen LogP contribution is 2.25. The van der Waals surface area contributed by atoms with Crippen LogP contribution < -0.4 is 5.73 Å². The minimum Gasteiger partial charge on any atom is -0.324 e. The van der Waals surface area contributed by atoms with Crippen molar-refractivity contribution in [3.63, 3.8) is 0 Å². The lowest BCUT2D eigenvalue weighted by Gasteiger charge is -2.18. The predicted octanol–water partition coefficient (Wildman–Crippen LogP) is 3.63. The van der Waals surface area contributed by atoms with Crippen LogP contribution in [0.2, 0.25) is 0 Å². The maximum Gasteiger partial charge on any atom is 0.124 e. The van der Waals surface area contributed by atoms with E-state index in [1.165, 1.54) is 12.1 Å².